The van der Waals surface area contributed by atoms with Crippen LogP contribution in [0.15, 0.2) is 35.2 Å². The molecule has 0 unspecified atom stereocenters. The van der Waals surface area contributed by atoms with E-state index >= 15 is 0 Å². The Bertz CT molecular complexity index is 462. The second kappa shape index (κ2) is 9.00. The van der Waals surface area contributed by atoms with E-state index in [1.54, 1.807) is 0 Å². The van der Waals surface area contributed by atoms with Crippen molar-refractivity contribution in [1.29, 1.82) is 0 Å². The van der Waals surface area contributed by atoms with Crippen LogP contribution < -0.4 is 5.32 Å². The predicted octanol–water partition coefficient (Wildman–Crippen LogP) is 3.83. The number of thioether (sulfide) groups is 2. The molecule has 0 radical (unpaired) electrons. The lowest BCUT2D eigenvalue weighted by Crippen LogP contribution is -2.43. The lowest BCUT2D eigenvalue weighted by molar-refractivity contribution is 0.187. The molecule has 2 rings (SSSR count). The molecule has 1 N–H and O–H groups in total. The number of urea groups is 1. The second-order valence-electron chi connectivity index (χ2n) is 4.79. The molecule has 1 heterocycles. The van der Waals surface area contributed by atoms with E-state index in [4.69, 9.17) is 0 Å². The SMILES string of the molecule is O=C(SCCNC(=O)N1CCCCC1)Sc1ccccc1. The van der Waals surface area contributed by atoms with Crippen molar-refractivity contribution in [3.63, 3.8) is 0 Å². The molecule has 21 heavy (non-hydrogen) atoms. The van der Waals surface area contributed by atoms with Crippen molar-refractivity contribution in [2.75, 3.05) is 25.4 Å². The van der Waals surface area contributed by atoms with Crippen LogP contribution >= 0.6 is 23.5 Å². The van der Waals surface area contributed by atoms with Gasteiger partial charge in [0.2, 0.25) is 0 Å². The van der Waals surface area contributed by atoms with E-state index in [1.165, 1.54) is 29.9 Å². The van der Waals surface area contributed by atoms with Crippen molar-refractivity contribution in [2.45, 2.75) is 24.2 Å². The topological polar surface area (TPSA) is 49.4 Å². The molecule has 0 saturated carbocycles. The number of carbonyl (C=O) groups is 2. The molecule has 0 spiro atoms. The largest absolute Gasteiger partial charge is 0.337 e. The van der Waals surface area contributed by atoms with Gasteiger partial charge in [-0.05, 0) is 43.2 Å². The average molecular weight is 324 g/mol. The van der Waals surface area contributed by atoms with E-state index in [2.05, 4.69) is 5.32 Å². The zero-order valence-corrected chi connectivity index (χ0v) is 13.5. The fourth-order valence-electron chi connectivity index (χ4n) is 2.12. The standard InChI is InChI=1S/C15H20N2O2S2/c18-14(17-10-5-2-6-11-17)16-9-12-20-15(19)21-13-7-3-1-4-8-13/h1,3-4,7-8H,2,5-6,9-12H2,(H,16,18). The van der Waals surface area contributed by atoms with Crippen molar-refractivity contribution >= 4 is 34.0 Å². The number of likely N-dealkylation sites (tertiary alicyclic amines) is 1. The van der Waals surface area contributed by atoms with Crippen molar-refractivity contribution in [3.8, 4) is 0 Å². The summed E-state index contributed by atoms with van der Waals surface area (Å²) in [5.74, 6) is 0.609. The summed E-state index contributed by atoms with van der Waals surface area (Å²) in [4.78, 5) is 26.4. The highest BCUT2D eigenvalue weighted by Crippen LogP contribution is 2.24. The van der Waals surface area contributed by atoms with Gasteiger partial charge in [-0.15, -0.1) is 0 Å². The molecule has 6 heteroatoms. The third-order valence-corrected chi connectivity index (χ3v) is 5.11. The Morgan fingerprint density at radius 3 is 2.52 bits per heavy atom. The lowest BCUT2D eigenvalue weighted by atomic mass is 10.1. The summed E-state index contributed by atoms with van der Waals surface area (Å²) in [5, 5.41) is 2.88. The summed E-state index contributed by atoms with van der Waals surface area (Å²) in [7, 11) is 0. The van der Waals surface area contributed by atoms with Gasteiger partial charge in [0.05, 0.1) is 0 Å². The first-order valence-corrected chi connectivity index (χ1v) is 8.98. The van der Waals surface area contributed by atoms with E-state index < -0.39 is 0 Å². The van der Waals surface area contributed by atoms with Gasteiger partial charge in [0.1, 0.15) is 0 Å². The Hall–Kier alpha value is -1.14. The molecule has 0 aromatic heterocycles. The van der Waals surface area contributed by atoms with E-state index in [0.717, 1.165) is 30.8 Å². The second-order valence-corrected chi connectivity index (χ2v) is 7.17. The number of hydrogen-bond donors (Lipinski definition) is 1. The van der Waals surface area contributed by atoms with E-state index in [9.17, 15) is 9.59 Å². The minimum absolute atomic E-state index is 0.00142. The van der Waals surface area contributed by atoms with Crippen LogP contribution in [0.4, 0.5) is 9.59 Å². The summed E-state index contributed by atoms with van der Waals surface area (Å²) < 4.78 is 0.0634. The molecule has 2 amide bonds. The van der Waals surface area contributed by atoms with Crippen LogP contribution in [0.25, 0.3) is 0 Å². The molecule has 0 bridgehead atoms. The number of nitrogens with zero attached hydrogens (tertiary/aromatic N) is 1. The maximum Gasteiger partial charge on any atom is 0.317 e. The Kier molecular flexibility index (Phi) is 6.95. The highest BCUT2D eigenvalue weighted by Gasteiger charge is 2.15. The van der Waals surface area contributed by atoms with Crippen LogP contribution in [0, 0.1) is 0 Å². The number of amides is 2. The number of nitrogens with one attached hydrogen (secondary N) is 1. The minimum Gasteiger partial charge on any atom is -0.337 e. The van der Waals surface area contributed by atoms with Gasteiger partial charge in [-0.3, -0.25) is 4.79 Å². The molecule has 1 aliphatic heterocycles. The van der Waals surface area contributed by atoms with Crippen molar-refractivity contribution in [3.05, 3.63) is 30.3 Å². The molecule has 1 aromatic carbocycles. The van der Waals surface area contributed by atoms with Crippen LogP contribution in [0.5, 0.6) is 0 Å². The monoisotopic (exact) mass is 324 g/mol. The first-order valence-electron chi connectivity index (χ1n) is 7.18. The highest BCUT2D eigenvalue weighted by molar-refractivity contribution is 8.38. The Morgan fingerprint density at radius 1 is 1.10 bits per heavy atom. The molecule has 1 aliphatic rings. The maximum absolute atomic E-state index is 11.8. The first-order chi connectivity index (χ1) is 10.3. The third kappa shape index (κ3) is 6.01. The van der Waals surface area contributed by atoms with Crippen LogP contribution in [0.3, 0.4) is 0 Å². The minimum atomic E-state index is -0.00142. The fourth-order valence-corrected chi connectivity index (χ4v) is 3.75. The van der Waals surface area contributed by atoms with Crippen LogP contribution in [0.2, 0.25) is 0 Å². The molecule has 0 aliphatic carbocycles. The van der Waals surface area contributed by atoms with Crippen LogP contribution in [-0.4, -0.2) is 40.8 Å². The van der Waals surface area contributed by atoms with Gasteiger partial charge in [-0.1, -0.05) is 30.0 Å². The fraction of sp³-hybridized carbons (Fsp3) is 0.467. The number of piperidine rings is 1. The lowest BCUT2D eigenvalue weighted by Gasteiger charge is -2.26. The Morgan fingerprint density at radius 2 is 1.81 bits per heavy atom. The van der Waals surface area contributed by atoms with Gasteiger partial charge in [0.15, 0.2) is 0 Å². The van der Waals surface area contributed by atoms with Crippen molar-refractivity contribution < 1.29 is 9.59 Å². The van der Waals surface area contributed by atoms with Crippen molar-refractivity contribution in [1.82, 2.24) is 10.2 Å². The molecule has 4 nitrogen and oxygen atoms in total. The molecule has 1 fully saturated rings. The predicted molar refractivity (Wildman–Crippen MR) is 89.0 cm³/mol. The molecule has 1 saturated heterocycles. The van der Waals surface area contributed by atoms with Gasteiger partial charge < -0.3 is 10.2 Å². The van der Waals surface area contributed by atoms with Gasteiger partial charge in [0, 0.05) is 30.3 Å². The number of carbonyl (C=O) groups excluding carboxylic acids is 2. The summed E-state index contributed by atoms with van der Waals surface area (Å²) >= 11 is 2.48. The smallest absolute Gasteiger partial charge is 0.317 e. The number of rotatable bonds is 4. The molecule has 114 valence electrons. The van der Waals surface area contributed by atoms with Crippen LogP contribution in [-0.2, 0) is 0 Å². The highest BCUT2D eigenvalue weighted by atomic mass is 32.2. The zero-order chi connectivity index (χ0) is 14.9. The normalized spacial score (nSPS) is 14.8. The van der Waals surface area contributed by atoms with Crippen molar-refractivity contribution in [2.24, 2.45) is 0 Å². The van der Waals surface area contributed by atoms with E-state index in [1.807, 2.05) is 35.2 Å². The quantitative estimate of drug-likeness (QED) is 0.675. The Labute approximate surface area is 134 Å². The number of hydrogen-bond acceptors (Lipinski definition) is 4. The molecular weight excluding hydrogens is 304 g/mol. The third-order valence-electron chi connectivity index (χ3n) is 3.19. The summed E-state index contributed by atoms with van der Waals surface area (Å²) in [5.41, 5.74) is 0. The average Bonchev–Trinajstić information content (AvgIpc) is 2.53. The van der Waals surface area contributed by atoms with Gasteiger partial charge in [-0.2, -0.15) is 0 Å². The zero-order valence-electron chi connectivity index (χ0n) is 11.9. The Balaban J connectivity index is 1.58. The summed E-state index contributed by atoms with van der Waals surface area (Å²) in [6.45, 7) is 2.23. The van der Waals surface area contributed by atoms with Gasteiger partial charge in [-0.25, -0.2) is 4.79 Å². The van der Waals surface area contributed by atoms with E-state index in [-0.39, 0.29) is 10.5 Å². The van der Waals surface area contributed by atoms with Crippen LogP contribution in [0.1, 0.15) is 19.3 Å². The number of benzene rings is 1. The molecular formula is C15H20N2O2S2. The van der Waals surface area contributed by atoms with Gasteiger partial charge >= 0.3 is 6.03 Å². The maximum atomic E-state index is 11.8. The molecule has 1 aromatic rings. The summed E-state index contributed by atoms with van der Waals surface area (Å²) in [6.07, 6.45) is 3.40. The summed E-state index contributed by atoms with van der Waals surface area (Å²) in [6, 6.07) is 9.59. The first kappa shape index (κ1) is 16.2. The van der Waals surface area contributed by atoms with E-state index in [0.29, 0.717) is 12.3 Å². The van der Waals surface area contributed by atoms with Gasteiger partial charge in [0.25, 0.3) is 4.45 Å². The molecule has 0 atom stereocenters.